The van der Waals surface area contributed by atoms with Crippen LogP contribution in [0.15, 0.2) is 42.9 Å². The molecule has 2 N–H and O–H groups in total. The summed E-state index contributed by atoms with van der Waals surface area (Å²) in [6, 6.07) is 7.93. The second kappa shape index (κ2) is 7.92. The van der Waals surface area contributed by atoms with E-state index in [-0.39, 0.29) is 22.5 Å². The van der Waals surface area contributed by atoms with Crippen LogP contribution in [0.2, 0.25) is 5.02 Å². The molecule has 1 aromatic carbocycles. The Hall–Kier alpha value is -3.58. The van der Waals surface area contributed by atoms with Crippen molar-refractivity contribution in [2.45, 2.75) is 6.18 Å². The van der Waals surface area contributed by atoms with E-state index in [1.54, 1.807) is 6.07 Å². The normalized spacial score (nSPS) is 11.5. The highest BCUT2D eigenvalue weighted by atomic mass is 35.5. The van der Waals surface area contributed by atoms with Crippen LogP contribution in [0.1, 0.15) is 5.56 Å². The smallest absolute Gasteiger partial charge is 0.318 e. The zero-order chi connectivity index (χ0) is 22.2. The van der Waals surface area contributed by atoms with Gasteiger partial charge in [0.25, 0.3) is 0 Å². The van der Waals surface area contributed by atoms with E-state index in [2.05, 4.69) is 30.6 Å². The van der Waals surface area contributed by atoms with Crippen molar-refractivity contribution in [3.63, 3.8) is 0 Å². The summed E-state index contributed by atoms with van der Waals surface area (Å²) in [6.07, 6.45) is -3.03. The number of thiazole rings is 1. The van der Waals surface area contributed by atoms with Gasteiger partial charge in [-0.2, -0.15) is 13.2 Å². The third-order valence-corrected chi connectivity index (χ3v) is 5.17. The lowest BCUT2D eigenvalue weighted by Crippen LogP contribution is -2.08. The molecular weight excluding hydrogens is 459 g/mol. The number of hydrogen-bond acceptors (Lipinski definition) is 9. The molecule has 0 aliphatic heterocycles. The number of fused-ring (bicyclic) bond motifs is 1. The number of rotatable bonds is 5. The highest BCUT2D eigenvalue weighted by molar-refractivity contribution is 7.22. The van der Waals surface area contributed by atoms with Gasteiger partial charge in [-0.05, 0) is 18.2 Å². The second-order valence-electron chi connectivity index (χ2n) is 5.97. The van der Waals surface area contributed by atoms with Gasteiger partial charge < -0.3 is 10.6 Å². The van der Waals surface area contributed by atoms with E-state index in [0.717, 1.165) is 11.0 Å². The topological polar surface area (TPSA) is 119 Å². The average molecular weight is 468 g/mol. The van der Waals surface area contributed by atoms with Gasteiger partial charge in [0.1, 0.15) is 6.33 Å². The summed E-state index contributed by atoms with van der Waals surface area (Å²) in [4.78, 5) is 26.6. The molecule has 31 heavy (non-hydrogen) atoms. The van der Waals surface area contributed by atoms with Crippen LogP contribution in [-0.4, -0.2) is 24.9 Å². The number of benzene rings is 1. The summed E-state index contributed by atoms with van der Waals surface area (Å²) in [5.41, 5.74) is -0.913. The second-order valence-corrected chi connectivity index (χ2v) is 7.40. The fourth-order valence-electron chi connectivity index (χ4n) is 2.56. The Kier molecular flexibility index (Phi) is 5.29. The lowest BCUT2D eigenvalue weighted by molar-refractivity contribution is -0.383. The molecule has 4 aromatic rings. The van der Waals surface area contributed by atoms with Gasteiger partial charge in [-0.1, -0.05) is 35.1 Å². The van der Waals surface area contributed by atoms with E-state index in [4.69, 9.17) is 11.6 Å². The Morgan fingerprint density at radius 3 is 2.42 bits per heavy atom. The molecule has 0 aliphatic carbocycles. The first-order valence-corrected chi connectivity index (χ1v) is 9.53. The molecule has 0 saturated heterocycles. The van der Waals surface area contributed by atoms with E-state index in [9.17, 15) is 23.3 Å². The van der Waals surface area contributed by atoms with Crippen molar-refractivity contribution in [3.8, 4) is 0 Å². The standard InChI is InChI=1S/C17H9ClF3N7O2S/c18-9-5-8(17(19,20)21)6-22-13(9)26-14-12(28(29)30)15(24-7-23-14)27-16-25-10-3-1-2-4-11(10)31-16/h1-7H,(H2,22,23,24,25,26,27). The number of hydrogen-bond donors (Lipinski definition) is 2. The highest BCUT2D eigenvalue weighted by Gasteiger charge is 2.32. The van der Waals surface area contributed by atoms with Crippen molar-refractivity contribution in [2.24, 2.45) is 0 Å². The molecule has 0 unspecified atom stereocenters. The van der Waals surface area contributed by atoms with Gasteiger partial charge in [0.2, 0.25) is 11.6 Å². The molecular formula is C17H9ClF3N7O2S. The molecule has 0 fully saturated rings. The summed E-state index contributed by atoms with van der Waals surface area (Å²) in [7, 11) is 0. The average Bonchev–Trinajstić information content (AvgIpc) is 3.11. The molecule has 0 aliphatic rings. The van der Waals surface area contributed by atoms with Crippen LogP contribution >= 0.6 is 22.9 Å². The summed E-state index contributed by atoms with van der Waals surface area (Å²) in [6.45, 7) is 0. The minimum atomic E-state index is -4.63. The number of alkyl halides is 3. The van der Waals surface area contributed by atoms with E-state index in [1.807, 2.05) is 18.2 Å². The van der Waals surface area contributed by atoms with Crippen molar-refractivity contribution in [2.75, 3.05) is 10.6 Å². The van der Waals surface area contributed by atoms with Gasteiger partial charge in [0.05, 0.1) is 25.7 Å². The first kappa shape index (κ1) is 20.7. The van der Waals surface area contributed by atoms with Crippen molar-refractivity contribution in [1.29, 1.82) is 0 Å². The molecule has 14 heteroatoms. The largest absolute Gasteiger partial charge is 0.417 e. The molecule has 0 amide bonds. The molecule has 0 bridgehead atoms. The van der Waals surface area contributed by atoms with Crippen LogP contribution in [-0.2, 0) is 6.18 Å². The predicted molar refractivity (Wildman–Crippen MR) is 109 cm³/mol. The van der Waals surface area contributed by atoms with Gasteiger partial charge in [-0.3, -0.25) is 10.1 Å². The minimum Gasteiger partial charge on any atom is -0.318 e. The Balaban J connectivity index is 1.68. The molecule has 0 radical (unpaired) electrons. The van der Waals surface area contributed by atoms with Crippen LogP contribution in [0.5, 0.6) is 0 Å². The fourth-order valence-corrected chi connectivity index (χ4v) is 3.64. The maximum Gasteiger partial charge on any atom is 0.417 e. The van der Waals surface area contributed by atoms with Gasteiger partial charge in [0, 0.05) is 6.20 Å². The zero-order valence-electron chi connectivity index (χ0n) is 15.0. The van der Waals surface area contributed by atoms with Crippen molar-refractivity contribution in [1.82, 2.24) is 19.9 Å². The summed E-state index contributed by atoms with van der Waals surface area (Å²) >= 11 is 7.13. The van der Waals surface area contributed by atoms with Gasteiger partial charge >= 0.3 is 11.9 Å². The first-order chi connectivity index (χ1) is 14.7. The molecule has 0 spiro atoms. The Morgan fingerprint density at radius 2 is 1.77 bits per heavy atom. The molecule has 3 heterocycles. The molecule has 0 atom stereocenters. The van der Waals surface area contributed by atoms with E-state index in [0.29, 0.717) is 22.9 Å². The summed E-state index contributed by atoms with van der Waals surface area (Å²) < 4.78 is 39.2. The molecule has 4 rings (SSSR count). The maximum absolute atomic E-state index is 12.8. The zero-order valence-corrected chi connectivity index (χ0v) is 16.6. The molecule has 158 valence electrons. The van der Waals surface area contributed by atoms with Crippen LogP contribution < -0.4 is 10.6 Å². The van der Waals surface area contributed by atoms with E-state index < -0.39 is 22.4 Å². The van der Waals surface area contributed by atoms with Gasteiger partial charge in [-0.25, -0.2) is 19.9 Å². The lowest BCUT2D eigenvalue weighted by atomic mass is 10.2. The Bertz CT molecular complexity index is 1270. The minimum absolute atomic E-state index is 0.162. The molecule has 3 aromatic heterocycles. The maximum atomic E-state index is 12.8. The van der Waals surface area contributed by atoms with Crippen molar-refractivity contribution < 1.29 is 18.1 Å². The number of halogens is 4. The SMILES string of the molecule is O=[N+]([O-])c1c(Nc2nc3ccccc3s2)ncnc1Nc1ncc(C(F)(F)F)cc1Cl. The van der Waals surface area contributed by atoms with Crippen LogP contribution in [0.4, 0.5) is 41.4 Å². The van der Waals surface area contributed by atoms with Gasteiger partial charge in [0.15, 0.2) is 10.9 Å². The number of pyridine rings is 1. The predicted octanol–water partition coefficient (Wildman–Crippen LogP) is 5.55. The first-order valence-electron chi connectivity index (χ1n) is 8.34. The number of nitrogens with zero attached hydrogens (tertiary/aromatic N) is 5. The monoisotopic (exact) mass is 467 g/mol. The number of para-hydroxylation sites is 1. The Labute approximate surface area is 180 Å². The lowest BCUT2D eigenvalue weighted by Gasteiger charge is -2.11. The van der Waals surface area contributed by atoms with Crippen LogP contribution in [0, 0.1) is 10.1 Å². The number of nitrogens with one attached hydrogen (secondary N) is 2. The number of aromatic nitrogens is 4. The Morgan fingerprint density at radius 1 is 1.06 bits per heavy atom. The van der Waals surface area contributed by atoms with E-state index >= 15 is 0 Å². The van der Waals surface area contributed by atoms with Crippen LogP contribution in [0.3, 0.4) is 0 Å². The third kappa shape index (κ3) is 4.32. The van der Waals surface area contributed by atoms with Crippen molar-refractivity contribution in [3.05, 3.63) is 63.6 Å². The third-order valence-electron chi connectivity index (χ3n) is 3.93. The number of anilines is 4. The molecule has 9 nitrogen and oxygen atoms in total. The van der Waals surface area contributed by atoms with Gasteiger partial charge in [-0.15, -0.1) is 0 Å². The molecule has 0 saturated carbocycles. The summed E-state index contributed by atoms with van der Waals surface area (Å²) in [5.74, 6) is -0.704. The quantitative estimate of drug-likeness (QED) is 0.289. The number of nitro groups is 1. The van der Waals surface area contributed by atoms with Crippen molar-refractivity contribution >= 4 is 61.4 Å². The summed E-state index contributed by atoms with van der Waals surface area (Å²) in [5, 5.41) is 16.9. The van der Waals surface area contributed by atoms with E-state index in [1.165, 1.54) is 11.3 Å². The van der Waals surface area contributed by atoms with Crippen LogP contribution in [0.25, 0.3) is 10.2 Å². The highest BCUT2D eigenvalue weighted by Crippen LogP contribution is 2.37. The fraction of sp³-hybridized carbons (Fsp3) is 0.0588.